The van der Waals surface area contributed by atoms with Crippen LogP contribution in [0.1, 0.15) is 37.0 Å². The molecule has 1 atom stereocenters. The number of nitrogens with zero attached hydrogens (tertiary/aromatic N) is 1. The zero-order valence-corrected chi connectivity index (χ0v) is 13.2. The minimum absolute atomic E-state index is 0.529. The Hall–Kier alpha value is -2.07. The van der Waals surface area contributed by atoms with Gasteiger partial charge in [0.1, 0.15) is 0 Å². The normalized spacial score (nSPS) is 12.0. The molecule has 2 aromatic rings. The molecule has 4 nitrogen and oxygen atoms in total. The Morgan fingerprint density at radius 2 is 2.09 bits per heavy atom. The van der Waals surface area contributed by atoms with Gasteiger partial charge in [0.2, 0.25) is 0 Å². The van der Waals surface area contributed by atoms with Gasteiger partial charge in [-0.2, -0.15) is 0 Å². The first-order chi connectivity index (χ1) is 10.8. The summed E-state index contributed by atoms with van der Waals surface area (Å²) in [6.07, 6.45) is 5.14. The van der Waals surface area contributed by atoms with Crippen LogP contribution in [0.3, 0.4) is 0 Å². The molecule has 4 heteroatoms. The van der Waals surface area contributed by atoms with Crippen molar-refractivity contribution in [2.24, 2.45) is 0 Å². The molecule has 1 aromatic carbocycles. The fraction of sp³-hybridized carbons (Fsp3) is 0.389. The van der Waals surface area contributed by atoms with Gasteiger partial charge in [-0.05, 0) is 42.5 Å². The molecular formula is C18H23NO3. The molecule has 0 aliphatic heterocycles. The van der Waals surface area contributed by atoms with E-state index in [0.29, 0.717) is 19.4 Å². The van der Waals surface area contributed by atoms with Crippen molar-refractivity contribution in [2.75, 3.05) is 13.7 Å². The van der Waals surface area contributed by atoms with Gasteiger partial charge in [0.05, 0.1) is 19.8 Å². The first-order valence-electron chi connectivity index (χ1n) is 7.63. The molecule has 0 amide bonds. The molecule has 1 heterocycles. The van der Waals surface area contributed by atoms with E-state index in [1.807, 2.05) is 30.3 Å². The van der Waals surface area contributed by atoms with E-state index in [1.54, 1.807) is 19.5 Å². The van der Waals surface area contributed by atoms with Gasteiger partial charge < -0.3 is 14.6 Å². The highest BCUT2D eigenvalue weighted by Gasteiger charge is 2.13. The Bertz CT molecular complexity index is 572. The number of methoxy groups -OCH3 is 1. The molecule has 0 saturated carbocycles. The van der Waals surface area contributed by atoms with Crippen LogP contribution in [-0.2, 0) is 6.42 Å². The quantitative estimate of drug-likeness (QED) is 0.810. The number of hydrogen-bond acceptors (Lipinski definition) is 4. The van der Waals surface area contributed by atoms with Crippen LogP contribution in [0.25, 0.3) is 0 Å². The molecule has 1 N–H and O–H groups in total. The van der Waals surface area contributed by atoms with Crippen molar-refractivity contribution >= 4 is 0 Å². The molecule has 0 aliphatic rings. The van der Waals surface area contributed by atoms with Crippen LogP contribution in [0.15, 0.2) is 42.7 Å². The van der Waals surface area contributed by atoms with Gasteiger partial charge in [-0.25, -0.2) is 0 Å². The lowest BCUT2D eigenvalue weighted by molar-refractivity contribution is 0.167. The lowest BCUT2D eigenvalue weighted by Crippen LogP contribution is -2.04. The maximum Gasteiger partial charge on any atom is 0.164 e. The summed E-state index contributed by atoms with van der Waals surface area (Å²) in [6.45, 7) is 2.72. The number of aryl methyl sites for hydroxylation is 1. The van der Waals surface area contributed by atoms with E-state index in [-0.39, 0.29) is 0 Å². The minimum Gasteiger partial charge on any atom is -0.493 e. The Kier molecular flexibility index (Phi) is 6.22. The minimum atomic E-state index is -0.529. The van der Waals surface area contributed by atoms with Crippen molar-refractivity contribution < 1.29 is 14.6 Å². The predicted molar refractivity (Wildman–Crippen MR) is 86.3 cm³/mol. The molecule has 22 heavy (non-hydrogen) atoms. The number of benzene rings is 1. The Morgan fingerprint density at radius 1 is 1.23 bits per heavy atom. The van der Waals surface area contributed by atoms with E-state index in [1.165, 1.54) is 0 Å². The molecule has 1 unspecified atom stereocenters. The second kappa shape index (κ2) is 8.39. The Balaban J connectivity index is 2.08. The molecule has 2 rings (SSSR count). The van der Waals surface area contributed by atoms with Crippen molar-refractivity contribution in [1.82, 2.24) is 4.98 Å². The number of aliphatic hydroxyl groups excluding tert-OH is 1. The highest BCUT2D eigenvalue weighted by Crippen LogP contribution is 2.33. The van der Waals surface area contributed by atoms with Crippen LogP contribution in [0.5, 0.6) is 11.5 Å². The van der Waals surface area contributed by atoms with Crippen LogP contribution in [0, 0.1) is 0 Å². The van der Waals surface area contributed by atoms with Crippen molar-refractivity contribution in [3.63, 3.8) is 0 Å². The fourth-order valence-corrected chi connectivity index (χ4v) is 2.32. The number of aliphatic hydroxyl groups is 1. The van der Waals surface area contributed by atoms with Gasteiger partial charge in [0.15, 0.2) is 11.5 Å². The molecular weight excluding hydrogens is 278 g/mol. The average molecular weight is 301 g/mol. The number of aromatic nitrogens is 1. The summed E-state index contributed by atoms with van der Waals surface area (Å²) >= 11 is 0. The first kappa shape index (κ1) is 16.3. The molecule has 0 saturated heterocycles. The number of pyridine rings is 1. The van der Waals surface area contributed by atoms with Crippen LogP contribution >= 0.6 is 0 Å². The number of ether oxygens (including phenoxy) is 2. The summed E-state index contributed by atoms with van der Waals surface area (Å²) in [7, 11) is 1.64. The highest BCUT2D eigenvalue weighted by molar-refractivity contribution is 5.46. The third-order valence-corrected chi connectivity index (χ3v) is 3.49. The molecule has 0 radical (unpaired) electrons. The van der Waals surface area contributed by atoms with E-state index < -0.39 is 6.10 Å². The van der Waals surface area contributed by atoms with Crippen molar-refractivity contribution in [1.29, 1.82) is 0 Å². The second-order valence-electron chi connectivity index (χ2n) is 5.14. The first-order valence-corrected chi connectivity index (χ1v) is 7.63. The van der Waals surface area contributed by atoms with Gasteiger partial charge in [-0.15, -0.1) is 0 Å². The van der Waals surface area contributed by atoms with Crippen LogP contribution in [0.4, 0.5) is 0 Å². The molecule has 1 aromatic heterocycles. The molecule has 118 valence electrons. The van der Waals surface area contributed by atoms with E-state index in [0.717, 1.165) is 29.0 Å². The van der Waals surface area contributed by atoms with Gasteiger partial charge in [-0.1, -0.05) is 25.1 Å². The van der Waals surface area contributed by atoms with E-state index in [9.17, 15) is 5.11 Å². The summed E-state index contributed by atoms with van der Waals surface area (Å²) in [5.41, 5.74) is 1.89. The lowest BCUT2D eigenvalue weighted by Gasteiger charge is -2.16. The molecule has 0 spiro atoms. The largest absolute Gasteiger partial charge is 0.493 e. The fourth-order valence-electron chi connectivity index (χ4n) is 2.32. The number of para-hydroxylation sites is 1. The third kappa shape index (κ3) is 4.21. The third-order valence-electron chi connectivity index (χ3n) is 3.49. The van der Waals surface area contributed by atoms with Crippen LogP contribution < -0.4 is 9.47 Å². The predicted octanol–water partition coefficient (Wildman–Crippen LogP) is 3.55. The zero-order valence-electron chi connectivity index (χ0n) is 13.2. The van der Waals surface area contributed by atoms with E-state index in [2.05, 4.69) is 11.9 Å². The lowest BCUT2D eigenvalue weighted by atomic mass is 10.0. The van der Waals surface area contributed by atoms with Gasteiger partial charge in [0, 0.05) is 12.4 Å². The SMILES string of the molecule is CCCOc1c(CCC(O)c2cccnc2)cccc1OC. The summed E-state index contributed by atoms with van der Waals surface area (Å²) in [4.78, 5) is 4.04. The molecule has 0 aliphatic carbocycles. The maximum absolute atomic E-state index is 10.3. The van der Waals surface area contributed by atoms with Crippen molar-refractivity contribution in [2.45, 2.75) is 32.3 Å². The standard InChI is InChI=1S/C18H23NO3/c1-3-12-22-18-14(6-4-8-17(18)21-2)9-10-16(20)15-7-5-11-19-13-15/h4-8,11,13,16,20H,3,9-10,12H2,1-2H3. The highest BCUT2D eigenvalue weighted by atomic mass is 16.5. The molecule has 0 bridgehead atoms. The monoisotopic (exact) mass is 301 g/mol. The van der Waals surface area contributed by atoms with E-state index >= 15 is 0 Å². The summed E-state index contributed by atoms with van der Waals surface area (Å²) in [5.74, 6) is 1.52. The summed E-state index contributed by atoms with van der Waals surface area (Å²) < 4.78 is 11.2. The zero-order chi connectivity index (χ0) is 15.8. The Morgan fingerprint density at radius 3 is 2.77 bits per heavy atom. The van der Waals surface area contributed by atoms with Gasteiger partial charge in [-0.3, -0.25) is 4.98 Å². The van der Waals surface area contributed by atoms with Crippen LogP contribution in [-0.4, -0.2) is 23.8 Å². The van der Waals surface area contributed by atoms with Gasteiger partial charge >= 0.3 is 0 Å². The Labute approximate surface area is 131 Å². The number of rotatable bonds is 8. The summed E-state index contributed by atoms with van der Waals surface area (Å²) in [5, 5.41) is 10.3. The van der Waals surface area contributed by atoms with E-state index in [4.69, 9.17) is 9.47 Å². The smallest absolute Gasteiger partial charge is 0.164 e. The maximum atomic E-state index is 10.3. The van der Waals surface area contributed by atoms with Crippen molar-refractivity contribution in [3.05, 3.63) is 53.9 Å². The van der Waals surface area contributed by atoms with Crippen LogP contribution in [0.2, 0.25) is 0 Å². The van der Waals surface area contributed by atoms with Crippen molar-refractivity contribution in [3.8, 4) is 11.5 Å². The second-order valence-corrected chi connectivity index (χ2v) is 5.14. The topological polar surface area (TPSA) is 51.6 Å². The number of hydrogen-bond donors (Lipinski definition) is 1. The average Bonchev–Trinajstić information content (AvgIpc) is 2.58. The summed E-state index contributed by atoms with van der Waals surface area (Å²) in [6, 6.07) is 9.58. The molecule has 0 fully saturated rings. The van der Waals surface area contributed by atoms with Gasteiger partial charge in [0.25, 0.3) is 0 Å².